The Morgan fingerprint density at radius 2 is 0.857 bits per heavy atom. The largest absolute Gasteiger partial charge is 0.295 e. The predicted molar refractivity (Wildman–Crippen MR) is 213 cm³/mol. The first-order valence-electron chi connectivity index (χ1n) is 17.0. The van der Waals surface area contributed by atoms with Gasteiger partial charge in [0, 0.05) is 16.7 Å². The van der Waals surface area contributed by atoms with Crippen molar-refractivity contribution in [2.45, 2.75) is 19.6 Å². The molecule has 0 spiro atoms. The van der Waals surface area contributed by atoms with E-state index in [1.54, 1.807) is 0 Å². The zero-order valence-corrected chi connectivity index (χ0v) is 29.1. The predicted octanol–water partition coefficient (Wildman–Crippen LogP) is 12.4. The van der Waals surface area contributed by atoms with Crippen LogP contribution >= 0.6 is 0 Å². The average molecular weight is 647 g/mol. The van der Waals surface area contributed by atoms with Gasteiger partial charge in [-0.3, -0.25) is 4.90 Å². The van der Waals surface area contributed by atoms with E-state index in [0.717, 1.165) is 17.2 Å². The molecule has 0 saturated carbocycles. The maximum atomic E-state index is 5.21. The number of para-hydroxylation sites is 1. The van der Waals surface area contributed by atoms with Crippen LogP contribution in [-0.2, 0) is 0 Å². The Balaban J connectivity index is 1.29. The molecule has 2 nitrogen and oxygen atoms in total. The zero-order valence-electron chi connectivity index (χ0n) is 28.1. The van der Waals surface area contributed by atoms with Crippen LogP contribution < -0.4 is 10.2 Å². The maximum absolute atomic E-state index is 5.21. The van der Waals surface area contributed by atoms with E-state index in [1.807, 2.05) is 0 Å². The molecule has 0 bridgehead atoms. The minimum atomic E-state index is -1.61. The van der Waals surface area contributed by atoms with Crippen LogP contribution in [0.5, 0.6) is 0 Å². The number of aromatic nitrogens is 1. The average Bonchev–Trinajstić information content (AvgIpc) is 3.15. The van der Waals surface area contributed by atoms with Crippen molar-refractivity contribution < 1.29 is 0 Å². The van der Waals surface area contributed by atoms with Crippen LogP contribution in [-0.4, -0.2) is 13.1 Å². The SMILES string of the molecule is C[Si](C)(C)c1cccc(N(c2ccccc2)c2ccc(-c3c4ccccc4c(-c4cccc(-c5ccccc5)c4)c4ccccc34)cc2)n1. The molecule has 8 rings (SSSR count). The van der Waals surface area contributed by atoms with Gasteiger partial charge in [-0.1, -0.05) is 153 Å². The second kappa shape index (κ2) is 12.7. The number of benzene rings is 7. The first-order valence-corrected chi connectivity index (χ1v) is 20.5. The number of anilines is 3. The fourth-order valence-electron chi connectivity index (χ4n) is 6.97. The van der Waals surface area contributed by atoms with E-state index in [-0.39, 0.29) is 0 Å². The van der Waals surface area contributed by atoms with Crippen LogP contribution in [0.15, 0.2) is 176 Å². The number of nitrogens with zero attached hydrogens (tertiary/aromatic N) is 2. The Kier molecular flexibility index (Phi) is 7.91. The van der Waals surface area contributed by atoms with Crippen molar-refractivity contribution in [3.05, 3.63) is 176 Å². The minimum absolute atomic E-state index is 0.942. The Morgan fingerprint density at radius 1 is 0.388 bits per heavy atom. The van der Waals surface area contributed by atoms with E-state index in [9.17, 15) is 0 Å². The normalized spacial score (nSPS) is 11.6. The minimum Gasteiger partial charge on any atom is -0.295 e. The molecule has 1 heterocycles. The molecule has 0 aliphatic carbocycles. The van der Waals surface area contributed by atoms with Crippen molar-refractivity contribution in [1.82, 2.24) is 4.98 Å². The fourth-order valence-corrected chi connectivity index (χ4v) is 8.01. The summed E-state index contributed by atoms with van der Waals surface area (Å²) in [6.07, 6.45) is 0. The smallest absolute Gasteiger partial charge is 0.137 e. The molecule has 0 saturated heterocycles. The molecule has 0 unspecified atom stereocenters. The first kappa shape index (κ1) is 30.6. The third-order valence-electron chi connectivity index (χ3n) is 9.35. The van der Waals surface area contributed by atoms with Gasteiger partial charge in [0.25, 0.3) is 0 Å². The monoisotopic (exact) mass is 646 g/mol. The van der Waals surface area contributed by atoms with Crippen molar-refractivity contribution in [3.63, 3.8) is 0 Å². The molecule has 236 valence electrons. The Bertz CT molecular complexity index is 2350. The van der Waals surface area contributed by atoms with Crippen molar-refractivity contribution >= 4 is 52.1 Å². The van der Waals surface area contributed by atoms with Gasteiger partial charge in [-0.2, -0.15) is 0 Å². The van der Waals surface area contributed by atoms with Gasteiger partial charge < -0.3 is 0 Å². The van der Waals surface area contributed by atoms with Crippen LogP contribution in [0, 0.1) is 0 Å². The molecule has 7 aromatic carbocycles. The summed E-state index contributed by atoms with van der Waals surface area (Å²) in [7, 11) is -1.61. The summed E-state index contributed by atoms with van der Waals surface area (Å²) >= 11 is 0. The Labute approximate surface area is 290 Å². The quantitative estimate of drug-likeness (QED) is 0.127. The number of hydrogen-bond acceptors (Lipinski definition) is 2. The third-order valence-corrected chi connectivity index (χ3v) is 11.2. The van der Waals surface area contributed by atoms with Gasteiger partial charge in [0.15, 0.2) is 0 Å². The first-order chi connectivity index (χ1) is 24.0. The molecule has 0 amide bonds. The van der Waals surface area contributed by atoms with Gasteiger partial charge >= 0.3 is 0 Å². The number of fused-ring (bicyclic) bond motifs is 2. The summed E-state index contributed by atoms with van der Waals surface area (Å²) in [6.45, 7) is 7.04. The lowest BCUT2D eigenvalue weighted by Crippen LogP contribution is -2.40. The number of rotatable bonds is 7. The summed E-state index contributed by atoms with van der Waals surface area (Å²) in [5.41, 5.74) is 9.56. The summed E-state index contributed by atoms with van der Waals surface area (Å²) in [5, 5.41) is 6.21. The third kappa shape index (κ3) is 5.83. The Hall–Kier alpha value is -5.77. The summed E-state index contributed by atoms with van der Waals surface area (Å²) in [4.78, 5) is 7.48. The van der Waals surface area contributed by atoms with E-state index < -0.39 is 8.07 Å². The number of hydrogen-bond donors (Lipinski definition) is 0. The summed E-state index contributed by atoms with van der Waals surface area (Å²) in [5.74, 6) is 0.942. The lowest BCUT2D eigenvalue weighted by molar-refractivity contribution is 1.19. The highest BCUT2D eigenvalue weighted by Gasteiger charge is 2.22. The van der Waals surface area contributed by atoms with E-state index in [0.29, 0.717) is 0 Å². The molecule has 0 radical (unpaired) electrons. The van der Waals surface area contributed by atoms with Gasteiger partial charge in [0.05, 0.1) is 0 Å². The molecule has 1 aromatic heterocycles. The summed E-state index contributed by atoms with van der Waals surface area (Å²) < 4.78 is 0. The standard InChI is InChI=1S/C46H38N2Si/c1-49(2,3)44-27-15-26-43(47-44)48(37-20-8-5-9-21-37)38-30-28-34(29-31-38)45-39-22-10-12-24-41(39)46(42-25-13-11-23-40(42)45)36-19-14-18-35(32-36)33-16-6-4-7-17-33/h4-32H,1-3H3. The second-order valence-electron chi connectivity index (χ2n) is 13.6. The highest BCUT2D eigenvalue weighted by molar-refractivity contribution is 6.88. The van der Waals surface area contributed by atoms with Gasteiger partial charge in [-0.05, 0) is 97.4 Å². The van der Waals surface area contributed by atoms with Gasteiger partial charge in [0.2, 0.25) is 0 Å². The van der Waals surface area contributed by atoms with Gasteiger partial charge in [-0.25, -0.2) is 4.98 Å². The number of pyridine rings is 1. The van der Waals surface area contributed by atoms with E-state index in [4.69, 9.17) is 4.98 Å². The molecule has 0 aliphatic heterocycles. The molecule has 0 aliphatic rings. The van der Waals surface area contributed by atoms with Crippen LogP contribution in [0.3, 0.4) is 0 Å². The molecule has 0 N–H and O–H groups in total. The summed E-state index contributed by atoms with van der Waals surface area (Å²) in [6, 6.07) is 63.4. The van der Waals surface area contributed by atoms with Crippen LogP contribution in [0.2, 0.25) is 19.6 Å². The highest BCUT2D eigenvalue weighted by atomic mass is 28.3. The molecule has 0 fully saturated rings. The molecular formula is C46H38N2Si. The molecule has 3 heteroatoms. The molecule has 0 atom stereocenters. The highest BCUT2D eigenvalue weighted by Crippen LogP contribution is 2.45. The van der Waals surface area contributed by atoms with E-state index in [1.165, 1.54) is 60.2 Å². The fraction of sp³-hybridized carbons (Fsp3) is 0.0652. The molecular weight excluding hydrogens is 609 g/mol. The van der Waals surface area contributed by atoms with Crippen molar-refractivity contribution in [1.29, 1.82) is 0 Å². The van der Waals surface area contributed by atoms with Crippen LogP contribution in [0.1, 0.15) is 0 Å². The van der Waals surface area contributed by atoms with E-state index >= 15 is 0 Å². The zero-order chi connectivity index (χ0) is 33.4. The maximum Gasteiger partial charge on any atom is 0.137 e. The van der Waals surface area contributed by atoms with Crippen molar-refractivity contribution in [2.24, 2.45) is 0 Å². The van der Waals surface area contributed by atoms with Gasteiger partial charge in [-0.15, -0.1) is 0 Å². The van der Waals surface area contributed by atoms with E-state index in [2.05, 4.69) is 200 Å². The lowest BCUT2D eigenvalue weighted by atomic mass is 9.85. The molecule has 8 aromatic rings. The molecule has 49 heavy (non-hydrogen) atoms. The lowest BCUT2D eigenvalue weighted by Gasteiger charge is -2.26. The topological polar surface area (TPSA) is 16.1 Å². The second-order valence-corrected chi connectivity index (χ2v) is 18.6. The van der Waals surface area contributed by atoms with Crippen LogP contribution in [0.4, 0.5) is 17.2 Å². The van der Waals surface area contributed by atoms with Gasteiger partial charge in [0.1, 0.15) is 13.9 Å². The Morgan fingerprint density at radius 3 is 1.45 bits per heavy atom. The van der Waals surface area contributed by atoms with Crippen molar-refractivity contribution in [3.8, 4) is 33.4 Å². The van der Waals surface area contributed by atoms with Crippen molar-refractivity contribution in [2.75, 3.05) is 4.90 Å². The van der Waals surface area contributed by atoms with Crippen LogP contribution in [0.25, 0.3) is 54.9 Å².